The van der Waals surface area contributed by atoms with Crippen LogP contribution in [-0.4, -0.2) is 23.5 Å². The molecule has 5 nitrogen and oxygen atoms in total. The van der Waals surface area contributed by atoms with Crippen LogP contribution in [0.4, 0.5) is 4.39 Å². The van der Waals surface area contributed by atoms with Gasteiger partial charge in [0.1, 0.15) is 11.9 Å². The van der Waals surface area contributed by atoms with Crippen molar-refractivity contribution in [2.45, 2.75) is 25.3 Å². The summed E-state index contributed by atoms with van der Waals surface area (Å²) in [4.78, 5) is 23.1. The highest BCUT2D eigenvalue weighted by Gasteiger charge is 2.27. The number of hydrogen-bond acceptors (Lipinski definition) is 3. The summed E-state index contributed by atoms with van der Waals surface area (Å²) in [7, 11) is 0. The summed E-state index contributed by atoms with van der Waals surface area (Å²) in [6, 6.07) is 11.9. The number of carbonyl (C=O) groups is 2. The highest BCUT2D eigenvalue weighted by Crippen LogP contribution is 2.26. The van der Waals surface area contributed by atoms with Crippen LogP contribution in [0.3, 0.4) is 0 Å². The number of benzene rings is 2. The van der Waals surface area contributed by atoms with E-state index in [0.29, 0.717) is 11.1 Å². The van der Waals surface area contributed by atoms with Gasteiger partial charge in [-0.2, -0.15) is 0 Å². The third kappa shape index (κ3) is 4.42. The molecule has 0 saturated carbocycles. The summed E-state index contributed by atoms with van der Waals surface area (Å²) >= 11 is 0. The lowest BCUT2D eigenvalue weighted by atomic mass is 9.83. The summed E-state index contributed by atoms with van der Waals surface area (Å²) in [6.07, 6.45) is 0. The lowest BCUT2D eigenvalue weighted by Gasteiger charge is -2.27. The molecule has 4 N–H and O–H groups in total. The van der Waals surface area contributed by atoms with Crippen molar-refractivity contribution in [2.75, 3.05) is 6.54 Å². The van der Waals surface area contributed by atoms with Crippen molar-refractivity contribution < 1.29 is 19.1 Å². The van der Waals surface area contributed by atoms with Crippen molar-refractivity contribution >= 4 is 11.9 Å². The normalized spacial score (nSPS) is 12.5. The van der Waals surface area contributed by atoms with Gasteiger partial charge in [-0.25, -0.2) is 9.18 Å². The van der Waals surface area contributed by atoms with Gasteiger partial charge in [0.05, 0.1) is 5.56 Å². The predicted molar refractivity (Wildman–Crippen MR) is 92.8 cm³/mol. The quantitative estimate of drug-likeness (QED) is 0.751. The summed E-state index contributed by atoms with van der Waals surface area (Å²) in [5, 5.41) is 11.6. The van der Waals surface area contributed by atoms with Gasteiger partial charge in [-0.15, -0.1) is 0 Å². The maximum absolute atomic E-state index is 14.3. The first-order valence-corrected chi connectivity index (χ1v) is 7.84. The minimum absolute atomic E-state index is 0.118. The largest absolute Gasteiger partial charge is 0.478 e. The van der Waals surface area contributed by atoms with E-state index in [-0.39, 0.29) is 18.0 Å². The molecule has 1 atom stereocenters. The number of nitrogens with one attached hydrogen (secondary N) is 1. The Balaban J connectivity index is 2.08. The van der Waals surface area contributed by atoms with E-state index in [0.717, 1.165) is 6.07 Å². The molecule has 2 rings (SSSR count). The molecule has 0 spiro atoms. The summed E-state index contributed by atoms with van der Waals surface area (Å²) in [5.41, 5.74) is 6.11. The number of halogens is 1. The first-order valence-electron chi connectivity index (χ1n) is 7.84. The molecule has 0 aliphatic carbocycles. The summed E-state index contributed by atoms with van der Waals surface area (Å²) in [6.45, 7) is 3.69. The fraction of sp³-hybridized carbons (Fsp3) is 0.263. The van der Waals surface area contributed by atoms with Gasteiger partial charge in [0, 0.05) is 12.0 Å². The van der Waals surface area contributed by atoms with Gasteiger partial charge in [0.25, 0.3) is 0 Å². The Labute approximate surface area is 145 Å². The molecule has 0 aliphatic rings. The van der Waals surface area contributed by atoms with E-state index >= 15 is 0 Å². The average Bonchev–Trinajstić information content (AvgIpc) is 2.59. The van der Waals surface area contributed by atoms with E-state index < -0.39 is 23.2 Å². The van der Waals surface area contributed by atoms with Crippen LogP contribution in [0.15, 0.2) is 48.5 Å². The van der Waals surface area contributed by atoms with Crippen molar-refractivity contribution in [3.8, 4) is 0 Å². The average molecular weight is 344 g/mol. The van der Waals surface area contributed by atoms with E-state index in [9.17, 15) is 14.0 Å². The van der Waals surface area contributed by atoms with Crippen LogP contribution in [0.25, 0.3) is 0 Å². The van der Waals surface area contributed by atoms with Gasteiger partial charge in [-0.05, 0) is 23.3 Å². The van der Waals surface area contributed by atoms with Crippen LogP contribution in [0.2, 0.25) is 0 Å². The zero-order chi connectivity index (χ0) is 18.6. The SMILES string of the molecule is CC(C)(CNC(=O)[C@@H](N)c1ccccc1)c1ccc(C(=O)O)cc1F. The standard InChI is InChI=1S/C19H21FN2O3/c1-19(2,14-9-8-13(18(24)25)10-15(14)20)11-22-17(23)16(21)12-6-4-3-5-7-12/h3-10,16H,11,21H2,1-2H3,(H,22,23)(H,24,25)/t16-/m0/s1. The van der Waals surface area contributed by atoms with Crippen LogP contribution in [0, 0.1) is 5.82 Å². The third-order valence-corrected chi connectivity index (χ3v) is 4.09. The molecule has 132 valence electrons. The van der Waals surface area contributed by atoms with Crippen LogP contribution >= 0.6 is 0 Å². The van der Waals surface area contributed by atoms with Crippen LogP contribution in [-0.2, 0) is 10.2 Å². The summed E-state index contributed by atoms with van der Waals surface area (Å²) in [5.74, 6) is -2.17. The Hall–Kier alpha value is -2.73. The van der Waals surface area contributed by atoms with Gasteiger partial charge >= 0.3 is 5.97 Å². The molecular weight excluding hydrogens is 323 g/mol. The molecule has 6 heteroatoms. The number of rotatable bonds is 6. The first-order chi connectivity index (χ1) is 11.7. The molecule has 1 amide bonds. The zero-order valence-corrected chi connectivity index (χ0v) is 14.1. The second-order valence-corrected chi connectivity index (χ2v) is 6.49. The van der Waals surface area contributed by atoms with Crippen LogP contribution in [0.5, 0.6) is 0 Å². The minimum atomic E-state index is -1.19. The topological polar surface area (TPSA) is 92.4 Å². The number of amides is 1. The molecular formula is C19H21FN2O3. The van der Waals surface area contributed by atoms with Gasteiger partial charge in [0.2, 0.25) is 5.91 Å². The number of carboxylic acids is 1. The Morgan fingerprint density at radius 1 is 1.20 bits per heavy atom. The highest BCUT2D eigenvalue weighted by molar-refractivity contribution is 5.87. The first kappa shape index (κ1) is 18.6. The molecule has 0 radical (unpaired) electrons. The van der Waals surface area contributed by atoms with Gasteiger partial charge in [0.15, 0.2) is 0 Å². The second-order valence-electron chi connectivity index (χ2n) is 6.49. The Morgan fingerprint density at radius 2 is 1.84 bits per heavy atom. The smallest absolute Gasteiger partial charge is 0.335 e. The molecule has 25 heavy (non-hydrogen) atoms. The van der Waals surface area contributed by atoms with Crippen molar-refractivity contribution in [3.05, 3.63) is 71.0 Å². The number of nitrogens with two attached hydrogens (primary N) is 1. The molecule has 0 fully saturated rings. The van der Waals surface area contributed by atoms with Crippen molar-refractivity contribution in [1.29, 1.82) is 0 Å². The maximum atomic E-state index is 14.3. The van der Waals surface area contributed by atoms with Crippen LogP contribution < -0.4 is 11.1 Å². The predicted octanol–water partition coefficient (Wildman–Crippen LogP) is 2.62. The Kier molecular flexibility index (Phi) is 5.54. The molecule has 0 heterocycles. The second kappa shape index (κ2) is 7.44. The number of carboxylic acid groups (broad SMARTS) is 1. The molecule has 2 aromatic carbocycles. The van der Waals surface area contributed by atoms with E-state index in [1.807, 2.05) is 6.07 Å². The lowest BCUT2D eigenvalue weighted by molar-refractivity contribution is -0.122. The third-order valence-electron chi connectivity index (χ3n) is 4.09. The van der Waals surface area contributed by atoms with Crippen molar-refractivity contribution in [3.63, 3.8) is 0 Å². The Morgan fingerprint density at radius 3 is 2.40 bits per heavy atom. The van der Waals surface area contributed by atoms with Gasteiger partial charge in [-0.1, -0.05) is 50.2 Å². The van der Waals surface area contributed by atoms with E-state index in [2.05, 4.69) is 5.32 Å². The van der Waals surface area contributed by atoms with Gasteiger partial charge < -0.3 is 16.2 Å². The lowest BCUT2D eigenvalue weighted by Crippen LogP contribution is -2.41. The molecule has 0 aliphatic heterocycles. The minimum Gasteiger partial charge on any atom is -0.478 e. The molecule has 2 aromatic rings. The molecule has 0 unspecified atom stereocenters. The molecule has 0 saturated heterocycles. The number of hydrogen-bond donors (Lipinski definition) is 3. The highest BCUT2D eigenvalue weighted by atomic mass is 19.1. The summed E-state index contributed by atoms with van der Waals surface area (Å²) < 4.78 is 14.3. The number of aromatic carboxylic acids is 1. The fourth-order valence-electron chi connectivity index (χ4n) is 2.52. The van der Waals surface area contributed by atoms with E-state index in [1.54, 1.807) is 38.1 Å². The van der Waals surface area contributed by atoms with E-state index in [4.69, 9.17) is 10.8 Å². The monoisotopic (exact) mass is 344 g/mol. The zero-order valence-electron chi connectivity index (χ0n) is 14.1. The maximum Gasteiger partial charge on any atom is 0.335 e. The number of carbonyl (C=O) groups excluding carboxylic acids is 1. The van der Waals surface area contributed by atoms with E-state index in [1.165, 1.54) is 12.1 Å². The van der Waals surface area contributed by atoms with Gasteiger partial charge in [-0.3, -0.25) is 4.79 Å². The van der Waals surface area contributed by atoms with Crippen molar-refractivity contribution in [2.24, 2.45) is 5.73 Å². The van der Waals surface area contributed by atoms with Crippen molar-refractivity contribution in [1.82, 2.24) is 5.32 Å². The molecule has 0 bridgehead atoms. The molecule has 0 aromatic heterocycles. The fourth-order valence-corrected chi connectivity index (χ4v) is 2.52. The van der Waals surface area contributed by atoms with Crippen LogP contribution in [0.1, 0.15) is 41.4 Å². The Bertz CT molecular complexity index is 775.